The summed E-state index contributed by atoms with van der Waals surface area (Å²) in [5.74, 6) is 1.25. The molecule has 0 bridgehead atoms. The molecule has 0 aromatic heterocycles. The molecule has 0 N–H and O–H groups in total. The van der Waals surface area contributed by atoms with Gasteiger partial charge in [0.15, 0.2) is 0 Å². The number of nitrogens with zero attached hydrogens (tertiary/aromatic N) is 1. The molecule has 0 unspecified atom stereocenters. The van der Waals surface area contributed by atoms with E-state index in [0.29, 0.717) is 23.7 Å². The molecule has 0 saturated carbocycles. The van der Waals surface area contributed by atoms with Crippen molar-refractivity contribution in [3.05, 3.63) is 23.4 Å². The van der Waals surface area contributed by atoms with E-state index in [1.54, 1.807) is 0 Å². The van der Waals surface area contributed by atoms with Gasteiger partial charge in [-0.2, -0.15) is 0 Å². The van der Waals surface area contributed by atoms with E-state index in [0.717, 1.165) is 6.54 Å². The van der Waals surface area contributed by atoms with Gasteiger partial charge >= 0.3 is 0 Å². The SMILES string of the molecule is C/C=C\C1=C(C(C)C)N(CC)C(=O)C1(C(C)C)C(C)C. The van der Waals surface area contributed by atoms with Gasteiger partial charge in [0.2, 0.25) is 5.91 Å². The number of allylic oxidation sites excluding steroid dienone is 3. The topological polar surface area (TPSA) is 20.3 Å². The number of hydrogen-bond acceptors (Lipinski definition) is 1. The predicted molar refractivity (Wildman–Crippen MR) is 86.2 cm³/mol. The van der Waals surface area contributed by atoms with Crippen LogP contribution < -0.4 is 0 Å². The van der Waals surface area contributed by atoms with Crippen LogP contribution in [0.25, 0.3) is 0 Å². The Morgan fingerprint density at radius 2 is 1.60 bits per heavy atom. The fourth-order valence-corrected chi connectivity index (χ4v) is 3.91. The van der Waals surface area contributed by atoms with Crippen molar-refractivity contribution in [1.82, 2.24) is 4.90 Å². The van der Waals surface area contributed by atoms with Crippen molar-refractivity contribution >= 4 is 5.91 Å². The van der Waals surface area contributed by atoms with Crippen LogP contribution in [0.5, 0.6) is 0 Å². The number of carbonyl (C=O) groups excluding carboxylic acids is 1. The molecule has 0 saturated heterocycles. The maximum atomic E-state index is 13.2. The molecule has 0 spiro atoms. The molecule has 1 aliphatic heterocycles. The molecule has 1 aliphatic rings. The molecule has 2 heteroatoms. The van der Waals surface area contributed by atoms with Crippen molar-refractivity contribution < 1.29 is 4.79 Å². The first kappa shape index (κ1) is 17.0. The van der Waals surface area contributed by atoms with Gasteiger partial charge in [0.05, 0.1) is 5.41 Å². The standard InChI is InChI=1S/C18H31NO/c1-9-11-15-16(12(3)4)19(10-2)17(20)18(15,13(5)6)14(7)8/h9,11-14H,10H2,1-8H3/b11-9-. The molecule has 0 radical (unpaired) electrons. The van der Waals surface area contributed by atoms with Crippen molar-refractivity contribution in [3.63, 3.8) is 0 Å². The number of amides is 1. The third kappa shape index (κ3) is 2.23. The second-order valence-electron chi connectivity index (χ2n) is 6.68. The van der Waals surface area contributed by atoms with Gasteiger partial charge in [0.1, 0.15) is 0 Å². The Kier molecular flexibility index (Phi) is 5.23. The average molecular weight is 277 g/mol. The summed E-state index contributed by atoms with van der Waals surface area (Å²) < 4.78 is 0. The highest BCUT2D eigenvalue weighted by Gasteiger charge is 2.55. The van der Waals surface area contributed by atoms with Crippen LogP contribution in [0.4, 0.5) is 0 Å². The maximum absolute atomic E-state index is 13.2. The number of hydrogen-bond donors (Lipinski definition) is 0. The Morgan fingerprint density at radius 3 is 1.90 bits per heavy atom. The second-order valence-corrected chi connectivity index (χ2v) is 6.68. The highest BCUT2D eigenvalue weighted by Crippen LogP contribution is 2.52. The van der Waals surface area contributed by atoms with E-state index in [2.05, 4.69) is 60.6 Å². The van der Waals surface area contributed by atoms with Crippen LogP contribution in [0, 0.1) is 23.2 Å². The fourth-order valence-electron chi connectivity index (χ4n) is 3.91. The zero-order chi connectivity index (χ0) is 15.7. The third-order valence-corrected chi connectivity index (χ3v) is 4.63. The zero-order valence-electron chi connectivity index (χ0n) is 14.4. The van der Waals surface area contributed by atoms with Gasteiger partial charge < -0.3 is 4.90 Å². The largest absolute Gasteiger partial charge is 0.315 e. The summed E-state index contributed by atoms with van der Waals surface area (Å²) >= 11 is 0. The molecule has 0 aliphatic carbocycles. The van der Waals surface area contributed by atoms with Crippen LogP contribution in [-0.4, -0.2) is 17.4 Å². The normalized spacial score (nSPS) is 19.6. The van der Waals surface area contributed by atoms with Crippen molar-refractivity contribution in [2.75, 3.05) is 6.54 Å². The number of rotatable bonds is 5. The van der Waals surface area contributed by atoms with E-state index in [9.17, 15) is 4.79 Å². The van der Waals surface area contributed by atoms with Gasteiger partial charge in [0.25, 0.3) is 0 Å². The van der Waals surface area contributed by atoms with Crippen LogP contribution >= 0.6 is 0 Å². The fraction of sp³-hybridized carbons (Fsp3) is 0.722. The second kappa shape index (κ2) is 6.15. The van der Waals surface area contributed by atoms with E-state index in [1.165, 1.54) is 11.3 Å². The molecule has 1 heterocycles. The lowest BCUT2D eigenvalue weighted by molar-refractivity contribution is -0.140. The van der Waals surface area contributed by atoms with Crippen LogP contribution in [0.15, 0.2) is 23.4 Å². The van der Waals surface area contributed by atoms with E-state index in [4.69, 9.17) is 0 Å². The minimum atomic E-state index is -0.373. The molecule has 2 nitrogen and oxygen atoms in total. The van der Waals surface area contributed by atoms with Crippen molar-refractivity contribution in [3.8, 4) is 0 Å². The van der Waals surface area contributed by atoms with Crippen LogP contribution in [0.2, 0.25) is 0 Å². The molecule has 0 aromatic rings. The average Bonchev–Trinajstić information content (AvgIpc) is 2.59. The van der Waals surface area contributed by atoms with Crippen molar-refractivity contribution in [1.29, 1.82) is 0 Å². The first-order valence-electron chi connectivity index (χ1n) is 7.95. The Bertz CT molecular complexity index is 419. The van der Waals surface area contributed by atoms with Gasteiger partial charge in [0, 0.05) is 12.2 Å². The van der Waals surface area contributed by atoms with E-state index in [-0.39, 0.29) is 5.41 Å². The van der Waals surface area contributed by atoms with E-state index in [1.807, 2.05) is 11.8 Å². The first-order chi connectivity index (χ1) is 9.26. The highest BCUT2D eigenvalue weighted by atomic mass is 16.2. The lowest BCUT2D eigenvalue weighted by Gasteiger charge is -2.38. The van der Waals surface area contributed by atoms with Gasteiger partial charge in [-0.25, -0.2) is 0 Å². The highest BCUT2D eigenvalue weighted by molar-refractivity contribution is 5.93. The third-order valence-electron chi connectivity index (χ3n) is 4.63. The summed E-state index contributed by atoms with van der Waals surface area (Å²) in [6.07, 6.45) is 4.24. The van der Waals surface area contributed by atoms with E-state index < -0.39 is 0 Å². The molecular weight excluding hydrogens is 246 g/mol. The van der Waals surface area contributed by atoms with Gasteiger partial charge in [-0.15, -0.1) is 0 Å². The Labute approximate surface area is 124 Å². The maximum Gasteiger partial charge on any atom is 0.237 e. The van der Waals surface area contributed by atoms with E-state index >= 15 is 0 Å². The van der Waals surface area contributed by atoms with Gasteiger partial charge in [-0.1, -0.05) is 53.7 Å². The summed E-state index contributed by atoms with van der Waals surface area (Å²) in [7, 11) is 0. The Balaban J connectivity index is 3.69. The Hall–Kier alpha value is -1.05. The van der Waals surface area contributed by atoms with Gasteiger partial charge in [-0.3, -0.25) is 4.79 Å². The molecular formula is C18H31NO. The van der Waals surface area contributed by atoms with Gasteiger partial charge in [-0.05, 0) is 37.2 Å². The first-order valence-corrected chi connectivity index (χ1v) is 7.95. The molecule has 1 rings (SSSR count). The summed E-state index contributed by atoms with van der Waals surface area (Å²) in [6.45, 7) is 18.0. The van der Waals surface area contributed by atoms with Crippen LogP contribution in [0.3, 0.4) is 0 Å². The summed E-state index contributed by atoms with van der Waals surface area (Å²) in [4.78, 5) is 15.2. The quantitative estimate of drug-likeness (QED) is 0.717. The molecule has 0 aromatic carbocycles. The summed E-state index contributed by atoms with van der Waals surface area (Å²) in [5, 5.41) is 0. The monoisotopic (exact) mass is 277 g/mol. The lowest BCUT2D eigenvalue weighted by Crippen LogP contribution is -2.44. The summed E-state index contributed by atoms with van der Waals surface area (Å²) in [5.41, 5.74) is 2.09. The Morgan fingerprint density at radius 1 is 1.10 bits per heavy atom. The zero-order valence-corrected chi connectivity index (χ0v) is 14.4. The number of carbonyl (C=O) groups is 1. The van der Waals surface area contributed by atoms with Crippen molar-refractivity contribution in [2.24, 2.45) is 23.2 Å². The molecule has 20 heavy (non-hydrogen) atoms. The molecule has 114 valence electrons. The molecule has 1 amide bonds. The van der Waals surface area contributed by atoms with Crippen LogP contribution in [-0.2, 0) is 4.79 Å². The van der Waals surface area contributed by atoms with Crippen LogP contribution in [0.1, 0.15) is 55.4 Å². The smallest absolute Gasteiger partial charge is 0.237 e. The lowest BCUT2D eigenvalue weighted by atomic mass is 9.64. The molecule has 0 atom stereocenters. The minimum Gasteiger partial charge on any atom is -0.315 e. The molecule has 0 fully saturated rings. The van der Waals surface area contributed by atoms with Crippen molar-refractivity contribution in [2.45, 2.75) is 55.4 Å². The summed E-state index contributed by atoms with van der Waals surface area (Å²) in [6, 6.07) is 0. The predicted octanol–water partition coefficient (Wildman–Crippen LogP) is 4.63. The minimum absolute atomic E-state index is 0.293.